The van der Waals surface area contributed by atoms with Crippen molar-refractivity contribution >= 4 is 11.6 Å². The predicted octanol–water partition coefficient (Wildman–Crippen LogP) is 3.10. The lowest BCUT2D eigenvalue weighted by molar-refractivity contribution is -0.116. The molecule has 1 amide bonds. The van der Waals surface area contributed by atoms with E-state index in [1.165, 1.54) is 12.1 Å². The summed E-state index contributed by atoms with van der Waals surface area (Å²) in [6.07, 6.45) is 4.13. The van der Waals surface area contributed by atoms with Crippen LogP contribution < -0.4 is 5.32 Å². The quantitative estimate of drug-likeness (QED) is 0.915. The molecule has 0 unspecified atom stereocenters. The van der Waals surface area contributed by atoms with Gasteiger partial charge in [-0.2, -0.15) is 0 Å². The maximum absolute atomic E-state index is 13.0. The minimum Gasteiger partial charge on any atom is -0.325 e. The number of anilines is 1. The molecule has 3 nitrogen and oxygen atoms in total. The number of hydrogen-bond acceptors (Lipinski definition) is 2. The number of halogens is 1. The highest BCUT2D eigenvalue weighted by molar-refractivity contribution is 5.91. The Morgan fingerprint density at radius 2 is 2.21 bits per heavy atom. The van der Waals surface area contributed by atoms with Crippen molar-refractivity contribution in [3.05, 3.63) is 59.7 Å². The Balaban J connectivity index is 1.90. The zero-order valence-electron chi connectivity index (χ0n) is 10.7. The summed E-state index contributed by atoms with van der Waals surface area (Å²) in [5.74, 6) is -0.374. The maximum atomic E-state index is 13.0. The number of amides is 1. The second kappa shape index (κ2) is 6.09. The molecule has 0 spiro atoms. The van der Waals surface area contributed by atoms with Crippen molar-refractivity contribution in [3.63, 3.8) is 0 Å². The first kappa shape index (κ1) is 13.2. The smallest absolute Gasteiger partial charge is 0.224 e. The molecule has 0 aliphatic carbocycles. The molecule has 0 fully saturated rings. The average molecular weight is 258 g/mol. The lowest BCUT2D eigenvalue weighted by Gasteiger charge is -2.07. The van der Waals surface area contributed by atoms with E-state index in [2.05, 4.69) is 10.3 Å². The Kier molecular flexibility index (Phi) is 4.23. The van der Waals surface area contributed by atoms with Gasteiger partial charge in [-0.05, 0) is 42.7 Å². The van der Waals surface area contributed by atoms with Gasteiger partial charge in [0.25, 0.3) is 0 Å². The third-order valence-electron chi connectivity index (χ3n) is 2.84. The van der Waals surface area contributed by atoms with E-state index in [0.717, 1.165) is 11.1 Å². The molecule has 0 aliphatic rings. The topological polar surface area (TPSA) is 42.0 Å². The monoisotopic (exact) mass is 258 g/mol. The number of aryl methyl sites for hydroxylation is 2. The highest BCUT2D eigenvalue weighted by Gasteiger charge is 2.05. The van der Waals surface area contributed by atoms with Crippen molar-refractivity contribution < 1.29 is 9.18 Å². The van der Waals surface area contributed by atoms with E-state index >= 15 is 0 Å². The lowest BCUT2D eigenvalue weighted by atomic mass is 10.1. The first-order valence-electron chi connectivity index (χ1n) is 6.10. The molecular formula is C15H15FN2O. The van der Waals surface area contributed by atoms with E-state index in [1.807, 2.05) is 19.1 Å². The van der Waals surface area contributed by atoms with Crippen molar-refractivity contribution in [1.29, 1.82) is 0 Å². The third-order valence-corrected chi connectivity index (χ3v) is 2.84. The van der Waals surface area contributed by atoms with Crippen LogP contribution in [0.5, 0.6) is 0 Å². The molecule has 0 atom stereocenters. The van der Waals surface area contributed by atoms with Crippen molar-refractivity contribution in [2.75, 3.05) is 5.32 Å². The van der Waals surface area contributed by atoms with E-state index < -0.39 is 0 Å². The predicted molar refractivity (Wildman–Crippen MR) is 72.3 cm³/mol. The molecule has 2 rings (SSSR count). The van der Waals surface area contributed by atoms with Crippen LogP contribution in [0.15, 0.2) is 42.7 Å². The molecular weight excluding hydrogens is 243 g/mol. The number of pyridine rings is 1. The van der Waals surface area contributed by atoms with Crippen LogP contribution in [0.3, 0.4) is 0 Å². The lowest BCUT2D eigenvalue weighted by Crippen LogP contribution is -2.13. The summed E-state index contributed by atoms with van der Waals surface area (Å²) in [5, 5.41) is 2.80. The second-order valence-corrected chi connectivity index (χ2v) is 4.37. The van der Waals surface area contributed by atoms with Crippen molar-refractivity contribution in [3.8, 4) is 0 Å². The van der Waals surface area contributed by atoms with Crippen LogP contribution in [0.4, 0.5) is 10.1 Å². The summed E-state index contributed by atoms with van der Waals surface area (Å²) < 4.78 is 13.0. The summed E-state index contributed by atoms with van der Waals surface area (Å²) in [6, 6.07) is 8.13. The van der Waals surface area contributed by atoms with Gasteiger partial charge in [-0.3, -0.25) is 9.78 Å². The Labute approximate surface area is 111 Å². The first-order chi connectivity index (χ1) is 9.15. The number of rotatable bonds is 4. The van der Waals surface area contributed by atoms with Crippen molar-refractivity contribution in [2.45, 2.75) is 19.8 Å². The van der Waals surface area contributed by atoms with Crippen LogP contribution in [0, 0.1) is 12.7 Å². The zero-order chi connectivity index (χ0) is 13.7. The van der Waals surface area contributed by atoms with Crippen LogP contribution in [0.1, 0.15) is 17.5 Å². The van der Waals surface area contributed by atoms with Crippen LogP contribution >= 0.6 is 0 Å². The molecule has 2 aromatic rings. The number of hydrogen-bond donors (Lipinski definition) is 1. The molecule has 0 saturated heterocycles. The summed E-state index contributed by atoms with van der Waals surface area (Å²) in [5.41, 5.74) is 2.50. The third kappa shape index (κ3) is 3.88. The number of benzene rings is 1. The molecule has 98 valence electrons. The Hall–Kier alpha value is -2.23. The molecule has 1 N–H and O–H groups in total. The van der Waals surface area contributed by atoms with Gasteiger partial charge >= 0.3 is 0 Å². The van der Waals surface area contributed by atoms with Gasteiger partial charge in [-0.25, -0.2) is 4.39 Å². The van der Waals surface area contributed by atoms with Gasteiger partial charge in [-0.15, -0.1) is 0 Å². The fourth-order valence-electron chi connectivity index (χ4n) is 1.76. The molecule has 4 heteroatoms. The fourth-order valence-corrected chi connectivity index (χ4v) is 1.76. The van der Waals surface area contributed by atoms with Crippen molar-refractivity contribution in [2.24, 2.45) is 0 Å². The van der Waals surface area contributed by atoms with Gasteiger partial charge in [0.05, 0.1) is 11.9 Å². The highest BCUT2D eigenvalue weighted by atomic mass is 19.1. The van der Waals surface area contributed by atoms with E-state index in [0.29, 0.717) is 18.5 Å². The van der Waals surface area contributed by atoms with Crippen LogP contribution in [0.25, 0.3) is 0 Å². The molecule has 1 aromatic heterocycles. The zero-order valence-corrected chi connectivity index (χ0v) is 10.7. The molecule has 1 aromatic carbocycles. The van der Waals surface area contributed by atoms with E-state index in [-0.39, 0.29) is 11.7 Å². The summed E-state index contributed by atoms with van der Waals surface area (Å²) >= 11 is 0. The van der Waals surface area contributed by atoms with Crippen LogP contribution in [0.2, 0.25) is 0 Å². The van der Waals surface area contributed by atoms with E-state index in [9.17, 15) is 9.18 Å². The van der Waals surface area contributed by atoms with E-state index in [1.54, 1.807) is 18.5 Å². The summed E-state index contributed by atoms with van der Waals surface area (Å²) in [6.45, 7) is 1.91. The Morgan fingerprint density at radius 3 is 2.95 bits per heavy atom. The number of carbonyl (C=O) groups excluding carboxylic acids is 1. The summed E-state index contributed by atoms with van der Waals surface area (Å²) in [7, 11) is 0. The van der Waals surface area contributed by atoms with Gasteiger partial charge in [0.1, 0.15) is 5.82 Å². The fraction of sp³-hybridized carbons (Fsp3) is 0.200. The second-order valence-electron chi connectivity index (χ2n) is 4.37. The minimum atomic E-state index is -0.277. The highest BCUT2D eigenvalue weighted by Crippen LogP contribution is 2.12. The Bertz CT molecular complexity index is 584. The number of nitrogens with one attached hydrogen (secondary N) is 1. The van der Waals surface area contributed by atoms with Gasteiger partial charge in [-0.1, -0.05) is 12.1 Å². The SMILES string of the molecule is Cc1ccncc1NC(=O)CCc1cccc(F)c1. The van der Waals surface area contributed by atoms with Crippen LogP contribution in [-0.4, -0.2) is 10.9 Å². The molecule has 0 bridgehead atoms. The standard InChI is InChI=1S/C15H15FN2O/c1-11-7-8-17-10-14(11)18-15(19)6-5-12-3-2-4-13(16)9-12/h2-4,7-10H,5-6H2,1H3,(H,18,19). The molecule has 19 heavy (non-hydrogen) atoms. The first-order valence-corrected chi connectivity index (χ1v) is 6.10. The number of carbonyl (C=O) groups is 1. The van der Waals surface area contributed by atoms with Gasteiger partial charge in [0, 0.05) is 12.6 Å². The largest absolute Gasteiger partial charge is 0.325 e. The molecule has 0 radical (unpaired) electrons. The minimum absolute atomic E-state index is 0.0969. The van der Waals surface area contributed by atoms with Crippen molar-refractivity contribution in [1.82, 2.24) is 4.98 Å². The van der Waals surface area contributed by atoms with Crippen LogP contribution in [-0.2, 0) is 11.2 Å². The average Bonchev–Trinajstić information content (AvgIpc) is 2.39. The number of nitrogens with zero attached hydrogens (tertiary/aromatic N) is 1. The molecule has 0 aliphatic heterocycles. The van der Waals surface area contributed by atoms with Gasteiger partial charge in [0.15, 0.2) is 0 Å². The Morgan fingerprint density at radius 1 is 1.37 bits per heavy atom. The number of aromatic nitrogens is 1. The van der Waals surface area contributed by atoms with Gasteiger partial charge < -0.3 is 5.32 Å². The summed E-state index contributed by atoms with van der Waals surface area (Å²) in [4.78, 5) is 15.8. The molecule has 1 heterocycles. The van der Waals surface area contributed by atoms with E-state index in [4.69, 9.17) is 0 Å². The normalized spacial score (nSPS) is 10.2. The van der Waals surface area contributed by atoms with Gasteiger partial charge in [0.2, 0.25) is 5.91 Å². The maximum Gasteiger partial charge on any atom is 0.224 e. The molecule has 0 saturated carbocycles.